The van der Waals surface area contributed by atoms with Crippen LogP contribution in [-0.2, 0) is 9.59 Å². The minimum absolute atomic E-state index is 0.0109. The molecular formula is C26H30N2O4. The van der Waals surface area contributed by atoms with Gasteiger partial charge < -0.3 is 9.64 Å². The summed E-state index contributed by atoms with van der Waals surface area (Å²) in [6, 6.07) is 13.7. The number of nitrogens with zero attached hydrogens (tertiary/aromatic N) is 2. The molecule has 1 atom stereocenters. The summed E-state index contributed by atoms with van der Waals surface area (Å²) in [5.41, 5.74) is 2.17. The predicted octanol–water partition coefficient (Wildman–Crippen LogP) is 4.54. The van der Waals surface area contributed by atoms with E-state index < -0.39 is 6.04 Å². The Morgan fingerprint density at radius 2 is 1.75 bits per heavy atom. The Labute approximate surface area is 189 Å². The van der Waals surface area contributed by atoms with Gasteiger partial charge in [0.2, 0.25) is 5.91 Å². The molecule has 2 fully saturated rings. The number of benzene rings is 2. The molecule has 1 aliphatic heterocycles. The average molecular weight is 435 g/mol. The van der Waals surface area contributed by atoms with Gasteiger partial charge in [-0.25, -0.2) is 4.90 Å². The lowest BCUT2D eigenvalue weighted by molar-refractivity contribution is -0.123. The third kappa shape index (κ3) is 4.14. The van der Waals surface area contributed by atoms with Crippen molar-refractivity contribution in [3.63, 3.8) is 0 Å². The van der Waals surface area contributed by atoms with Crippen molar-refractivity contribution in [1.82, 2.24) is 4.90 Å². The molecule has 0 aromatic heterocycles. The average Bonchev–Trinajstić information content (AvgIpc) is 3.42. The highest BCUT2D eigenvalue weighted by molar-refractivity contribution is 6.23. The van der Waals surface area contributed by atoms with Crippen LogP contribution in [-0.4, -0.2) is 41.8 Å². The fourth-order valence-corrected chi connectivity index (χ4v) is 4.76. The molecular weight excluding hydrogens is 404 g/mol. The van der Waals surface area contributed by atoms with Gasteiger partial charge in [0, 0.05) is 11.6 Å². The van der Waals surface area contributed by atoms with Crippen LogP contribution in [0.15, 0.2) is 48.5 Å². The monoisotopic (exact) mass is 434 g/mol. The Kier molecular flexibility index (Phi) is 6.31. The molecule has 0 radical (unpaired) electrons. The molecule has 0 N–H and O–H groups in total. The second-order valence-corrected chi connectivity index (χ2v) is 8.92. The first kappa shape index (κ1) is 22.1. The molecule has 6 heteroatoms. The van der Waals surface area contributed by atoms with Crippen molar-refractivity contribution < 1.29 is 19.1 Å². The summed E-state index contributed by atoms with van der Waals surface area (Å²) in [6.45, 7) is 4.20. The van der Waals surface area contributed by atoms with E-state index in [0.717, 1.165) is 31.2 Å². The summed E-state index contributed by atoms with van der Waals surface area (Å²) in [5, 5.41) is 0. The van der Waals surface area contributed by atoms with E-state index >= 15 is 0 Å². The van der Waals surface area contributed by atoms with E-state index in [0.29, 0.717) is 22.9 Å². The Morgan fingerprint density at radius 3 is 2.38 bits per heavy atom. The lowest BCUT2D eigenvalue weighted by atomic mass is 10.0. The molecule has 6 nitrogen and oxygen atoms in total. The second-order valence-electron chi connectivity index (χ2n) is 8.92. The predicted molar refractivity (Wildman–Crippen MR) is 123 cm³/mol. The zero-order valence-electron chi connectivity index (χ0n) is 18.9. The topological polar surface area (TPSA) is 66.9 Å². The highest BCUT2D eigenvalue weighted by Gasteiger charge is 2.47. The number of carbonyl (C=O) groups is 3. The quantitative estimate of drug-likeness (QED) is 0.626. The molecule has 3 amide bonds. The molecule has 2 aromatic rings. The summed E-state index contributed by atoms with van der Waals surface area (Å²) in [4.78, 5) is 42.9. The van der Waals surface area contributed by atoms with Crippen LogP contribution >= 0.6 is 0 Å². The van der Waals surface area contributed by atoms with Gasteiger partial charge in [-0.3, -0.25) is 14.4 Å². The number of hydrogen-bond donors (Lipinski definition) is 0. The van der Waals surface area contributed by atoms with Crippen molar-refractivity contribution >= 4 is 23.4 Å². The summed E-state index contributed by atoms with van der Waals surface area (Å²) in [5.74, 6) is 0.135. The van der Waals surface area contributed by atoms with Crippen LogP contribution in [0.4, 0.5) is 5.69 Å². The maximum absolute atomic E-state index is 13.6. The van der Waals surface area contributed by atoms with Crippen molar-refractivity contribution in [2.45, 2.75) is 64.0 Å². The smallest absolute Gasteiger partial charge is 0.257 e. The number of amides is 3. The van der Waals surface area contributed by atoms with E-state index in [1.165, 1.54) is 4.90 Å². The molecule has 1 aliphatic carbocycles. The third-order valence-electron chi connectivity index (χ3n) is 6.55. The van der Waals surface area contributed by atoms with Gasteiger partial charge in [0.15, 0.2) is 0 Å². The standard InChI is InChI=1S/C26H30N2O4/c1-17(2)18-11-13-21(14-12-18)28-24(29)16-23(26(28)31)27(20-8-4-5-9-20)25(30)19-7-6-10-22(15-19)32-3/h6-7,10-15,17,20,23H,4-5,8-9,16H2,1-3H3. The molecule has 4 rings (SSSR count). The fourth-order valence-electron chi connectivity index (χ4n) is 4.76. The van der Waals surface area contributed by atoms with E-state index in [-0.39, 0.29) is 30.2 Å². The van der Waals surface area contributed by atoms with E-state index in [9.17, 15) is 14.4 Å². The van der Waals surface area contributed by atoms with Crippen molar-refractivity contribution in [3.05, 3.63) is 59.7 Å². The highest BCUT2D eigenvalue weighted by Crippen LogP contribution is 2.33. The molecule has 168 valence electrons. The normalized spacial score (nSPS) is 19.1. The Balaban J connectivity index is 1.65. The molecule has 0 spiro atoms. The van der Waals surface area contributed by atoms with Gasteiger partial charge >= 0.3 is 0 Å². The summed E-state index contributed by atoms with van der Waals surface area (Å²) in [6.07, 6.45) is 3.73. The maximum Gasteiger partial charge on any atom is 0.257 e. The van der Waals surface area contributed by atoms with E-state index in [1.54, 1.807) is 36.3 Å². The number of anilines is 1. The van der Waals surface area contributed by atoms with Crippen LogP contribution in [0.1, 0.15) is 67.8 Å². The lowest BCUT2D eigenvalue weighted by Gasteiger charge is -2.33. The molecule has 2 aliphatic rings. The van der Waals surface area contributed by atoms with Gasteiger partial charge in [0.1, 0.15) is 11.8 Å². The Hall–Kier alpha value is -3.15. The summed E-state index contributed by atoms with van der Waals surface area (Å²) >= 11 is 0. The minimum Gasteiger partial charge on any atom is -0.497 e. The first-order valence-electron chi connectivity index (χ1n) is 11.3. The van der Waals surface area contributed by atoms with Gasteiger partial charge in [-0.2, -0.15) is 0 Å². The van der Waals surface area contributed by atoms with Crippen molar-refractivity contribution in [1.29, 1.82) is 0 Å². The van der Waals surface area contributed by atoms with Crippen LogP contribution in [0, 0.1) is 0 Å². The number of rotatable bonds is 6. The van der Waals surface area contributed by atoms with E-state index in [2.05, 4.69) is 13.8 Å². The number of imide groups is 1. The molecule has 1 saturated carbocycles. The zero-order chi connectivity index (χ0) is 22.8. The van der Waals surface area contributed by atoms with Crippen molar-refractivity contribution in [2.75, 3.05) is 12.0 Å². The Morgan fingerprint density at radius 1 is 1.06 bits per heavy atom. The van der Waals surface area contributed by atoms with Crippen molar-refractivity contribution in [3.8, 4) is 5.75 Å². The highest BCUT2D eigenvalue weighted by atomic mass is 16.5. The molecule has 1 saturated heterocycles. The number of ether oxygens (including phenoxy) is 1. The fraction of sp³-hybridized carbons (Fsp3) is 0.423. The van der Waals surface area contributed by atoms with Crippen LogP contribution in [0.3, 0.4) is 0 Å². The van der Waals surface area contributed by atoms with Crippen LogP contribution in [0.25, 0.3) is 0 Å². The van der Waals surface area contributed by atoms with E-state index in [4.69, 9.17) is 4.74 Å². The summed E-state index contributed by atoms with van der Waals surface area (Å²) in [7, 11) is 1.56. The first-order valence-corrected chi connectivity index (χ1v) is 11.3. The first-order chi connectivity index (χ1) is 15.4. The minimum atomic E-state index is -0.783. The molecule has 0 bridgehead atoms. The molecule has 1 unspecified atom stereocenters. The van der Waals surface area contributed by atoms with Crippen molar-refractivity contribution in [2.24, 2.45) is 0 Å². The third-order valence-corrected chi connectivity index (χ3v) is 6.55. The Bertz CT molecular complexity index is 1010. The second kappa shape index (κ2) is 9.15. The summed E-state index contributed by atoms with van der Waals surface area (Å²) < 4.78 is 5.28. The largest absolute Gasteiger partial charge is 0.497 e. The number of hydrogen-bond acceptors (Lipinski definition) is 4. The van der Waals surface area contributed by atoms with E-state index in [1.807, 2.05) is 24.3 Å². The molecule has 2 aromatic carbocycles. The van der Waals surface area contributed by atoms with Gasteiger partial charge in [0.05, 0.1) is 19.2 Å². The van der Waals surface area contributed by atoms with Crippen LogP contribution in [0.5, 0.6) is 5.75 Å². The van der Waals surface area contributed by atoms with Crippen LogP contribution < -0.4 is 9.64 Å². The molecule has 1 heterocycles. The van der Waals surface area contributed by atoms with Gasteiger partial charge in [-0.15, -0.1) is 0 Å². The van der Waals surface area contributed by atoms with Crippen LogP contribution in [0.2, 0.25) is 0 Å². The zero-order valence-corrected chi connectivity index (χ0v) is 18.9. The lowest BCUT2D eigenvalue weighted by Crippen LogP contribution is -2.50. The van der Waals surface area contributed by atoms with Gasteiger partial charge in [-0.05, 0) is 54.7 Å². The maximum atomic E-state index is 13.6. The number of methoxy groups -OCH3 is 1. The van der Waals surface area contributed by atoms with Gasteiger partial charge in [0.25, 0.3) is 11.8 Å². The van der Waals surface area contributed by atoms with Gasteiger partial charge in [-0.1, -0.05) is 44.9 Å². The molecule has 32 heavy (non-hydrogen) atoms. The SMILES string of the molecule is COc1cccc(C(=O)N(C2CCCC2)C2CC(=O)N(c3ccc(C(C)C)cc3)C2=O)c1. The number of carbonyl (C=O) groups excluding carboxylic acids is 3.